The van der Waals surface area contributed by atoms with Crippen molar-refractivity contribution >= 4 is 40.8 Å². The highest BCUT2D eigenvalue weighted by molar-refractivity contribution is 7.98. The van der Waals surface area contributed by atoms with Crippen LogP contribution in [0.4, 0.5) is 15.9 Å². The number of hydrogen-bond acceptors (Lipinski definition) is 6. The van der Waals surface area contributed by atoms with Crippen molar-refractivity contribution in [2.75, 3.05) is 18.2 Å². The minimum atomic E-state index is -0.536. The fraction of sp³-hybridized carbons (Fsp3) is 0.214. The van der Waals surface area contributed by atoms with Crippen LogP contribution in [0.15, 0.2) is 29.6 Å². The number of carbonyl (C=O) groups excluding carboxylic acids is 1. The van der Waals surface area contributed by atoms with Gasteiger partial charge in [-0.2, -0.15) is 0 Å². The highest BCUT2D eigenvalue weighted by Crippen LogP contribution is 2.25. The summed E-state index contributed by atoms with van der Waals surface area (Å²) in [5.41, 5.74) is 0.697. The zero-order chi connectivity index (χ0) is 16.1. The van der Waals surface area contributed by atoms with Crippen LogP contribution in [0.5, 0.6) is 0 Å². The van der Waals surface area contributed by atoms with Gasteiger partial charge in [0.05, 0.1) is 11.6 Å². The molecule has 0 radical (unpaired) electrons. The third kappa shape index (κ3) is 3.86. The Morgan fingerprint density at radius 1 is 1.50 bits per heavy atom. The predicted molar refractivity (Wildman–Crippen MR) is 84.5 cm³/mol. The number of anilines is 2. The summed E-state index contributed by atoms with van der Waals surface area (Å²) in [6, 6.07) is 4.13. The van der Waals surface area contributed by atoms with Gasteiger partial charge in [-0.25, -0.2) is 19.2 Å². The second kappa shape index (κ2) is 7.42. The summed E-state index contributed by atoms with van der Waals surface area (Å²) in [6.45, 7) is 1.95. The third-order valence-corrected chi connectivity index (χ3v) is 3.48. The Labute approximate surface area is 136 Å². The van der Waals surface area contributed by atoms with Crippen molar-refractivity contribution in [2.24, 2.45) is 0 Å². The minimum absolute atomic E-state index is 0.0261. The first-order valence-electron chi connectivity index (χ1n) is 6.35. The topological polar surface area (TPSA) is 64.1 Å². The van der Waals surface area contributed by atoms with Gasteiger partial charge >= 0.3 is 5.97 Å². The Balaban J connectivity index is 2.38. The molecule has 0 bridgehead atoms. The van der Waals surface area contributed by atoms with Gasteiger partial charge in [-0.05, 0) is 31.4 Å². The Bertz CT molecular complexity index is 700. The van der Waals surface area contributed by atoms with Gasteiger partial charge in [-0.15, -0.1) is 0 Å². The van der Waals surface area contributed by atoms with Crippen molar-refractivity contribution in [2.45, 2.75) is 12.1 Å². The minimum Gasteiger partial charge on any atom is -0.462 e. The molecule has 1 aromatic carbocycles. The van der Waals surface area contributed by atoms with Crippen molar-refractivity contribution in [3.05, 3.63) is 40.8 Å². The first-order valence-corrected chi connectivity index (χ1v) is 7.95. The Morgan fingerprint density at radius 2 is 2.27 bits per heavy atom. The van der Waals surface area contributed by atoms with E-state index in [9.17, 15) is 9.18 Å². The predicted octanol–water partition coefficient (Wildman–Crippen LogP) is 3.91. The first kappa shape index (κ1) is 16.5. The molecular formula is C14H13ClFN3O2S. The first-order chi connectivity index (χ1) is 10.5. The molecule has 0 saturated carbocycles. The third-order valence-electron chi connectivity index (χ3n) is 2.63. The molecule has 0 saturated heterocycles. The van der Waals surface area contributed by atoms with E-state index in [1.807, 2.05) is 6.26 Å². The summed E-state index contributed by atoms with van der Waals surface area (Å²) in [5.74, 6) is -0.781. The van der Waals surface area contributed by atoms with Crippen LogP contribution in [0.2, 0.25) is 5.02 Å². The fourth-order valence-electron chi connectivity index (χ4n) is 1.63. The van der Waals surface area contributed by atoms with Crippen LogP contribution in [-0.2, 0) is 4.74 Å². The summed E-state index contributed by atoms with van der Waals surface area (Å²) < 4.78 is 18.2. The van der Waals surface area contributed by atoms with Gasteiger partial charge in [-0.3, -0.25) is 0 Å². The summed E-state index contributed by atoms with van der Waals surface area (Å²) in [6.07, 6.45) is 3.21. The molecule has 0 spiro atoms. The number of hydrogen-bond donors (Lipinski definition) is 1. The Hall–Kier alpha value is -1.86. The number of nitrogens with one attached hydrogen (secondary N) is 1. The molecule has 2 aromatic rings. The molecule has 0 aliphatic carbocycles. The van der Waals surface area contributed by atoms with Gasteiger partial charge in [0.25, 0.3) is 0 Å². The molecule has 2 rings (SSSR count). The number of rotatable bonds is 5. The van der Waals surface area contributed by atoms with Crippen LogP contribution in [0.1, 0.15) is 17.3 Å². The van der Waals surface area contributed by atoms with Gasteiger partial charge in [-0.1, -0.05) is 23.4 Å². The van der Waals surface area contributed by atoms with Crippen molar-refractivity contribution < 1.29 is 13.9 Å². The normalized spacial score (nSPS) is 10.4. The smallest absolute Gasteiger partial charge is 0.343 e. The number of benzene rings is 1. The zero-order valence-corrected chi connectivity index (χ0v) is 13.5. The van der Waals surface area contributed by atoms with Crippen LogP contribution >= 0.6 is 23.4 Å². The maximum atomic E-state index is 13.2. The molecule has 0 amide bonds. The van der Waals surface area contributed by atoms with E-state index in [-0.39, 0.29) is 23.0 Å². The van der Waals surface area contributed by atoms with Gasteiger partial charge < -0.3 is 10.1 Å². The van der Waals surface area contributed by atoms with Crippen LogP contribution in [0.3, 0.4) is 0 Å². The lowest BCUT2D eigenvalue weighted by Crippen LogP contribution is -2.10. The molecule has 1 aromatic heterocycles. The summed E-state index contributed by atoms with van der Waals surface area (Å²) >= 11 is 7.08. The maximum Gasteiger partial charge on any atom is 0.343 e. The van der Waals surface area contributed by atoms with E-state index in [0.717, 1.165) is 0 Å². The van der Waals surface area contributed by atoms with Gasteiger partial charge in [0.2, 0.25) is 0 Å². The zero-order valence-electron chi connectivity index (χ0n) is 11.9. The molecular weight excluding hydrogens is 329 g/mol. The Kier molecular flexibility index (Phi) is 5.57. The molecule has 5 nitrogen and oxygen atoms in total. The number of nitrogens with zero attached hydrogens (tertiary/aromatic N) is 2. The van der Waals surface area contributed by atoms with Crippen molar-refractivity contribution in [3.8, 4) is 0 Å². The number of esters is 1. The number of ether oxygens (including phenoxy) is 1. The van der Waals surface area contributed by atoms with Gasteiger partial charge in [0.1, 0.15) is 17.2 Å². The molecule has 1 N–H and O–H groups in total. The monoisotopic (exact) mass is 341 g/mol. The van der Waals surface area contributed by atoms with E-state index in [4.69, 9.17) is 16.3 Å². The number of thioether (sulfide) groups is 1. The molecule has 0 aliphatic rings. The van der Waals surface area contributed by atoms with Crippen molar-refractivity contribution in [1.29, 1.82) is 0 Å². The molecule has 0 fully saturated rings. The number of aromatic nitrogens is 2. The van der Waals surface area contributed by atoms with E-state index in [2.05, 4.69) is 15.3 Å². The average molecular weight is 342 g/mol. The van der Waals surface area contributed by atoms with Crippen molar-refractivity contribution in [1.82, 2.24) is 9.97 Å². The maximum absolute atomic E-state index is 13.2. The Morgan fingerprint density at radius 3 is 2.91 bits per heavy atom. The van der Waals surface area contributed by atoms with E-state index in [0.29, 0.717) is 10.8 Å². The van der Waals surface area contributed by atoms with Crippen LogP contribution in [-0.4, -0.2) is 28.8 Å². The van der Waals surface area contributed by atoms with Crippen LogP contribution < -0.4 is 5.32 Å². The highest BCUT2D eigenvalue weighted by Gasteiger charge is 2.16. The summed E-state index contributed by atoms with van der Waals surface area (Å²) in [7, 11) is 0. The van der Waals surface area contributed by atoms with E-state index in [1.54, 1.807) is 6.92 Å². The fourth-order valence-corrected chi connectivity index (χ4v) is 2.15. The summed E-state index contributed by atoms with van der Waals surface area (Å²) in [5, 5.41) is 3.40. The van der Waals surface area contributed by atoms with Gasteiger partial charge in [0.15, 0.2) is 5.16 Å². The summed E-state index contributed by atoms with van der Waals surface area (Å²) in [4.78, 5) is 20.2. The van der Waals surface area contributed by atoms with E-state index >= 15 is 0 Å². The van der Waals surface area contributed by atoms with E-state index in [1.165, 1.54) is 36.2 Å². The largest absolute Gasteiger partial charge is 0.462 e. The molecule has 8 heteroatoms. The standard InChI is InChI=1S/C14H13ClFN3O2S/c1-3-21-13(20)9-7-17-14(22-2)19-12(9)18-8-4-5-11(16)10(15)6-8/h4-7H,3H2,1-2H3,(H,17,18,19). The average Bonchev–Trinajstić information content (AvgIpc) is 2.51. The quantitative estimate of drug-likeness (QED) is 0.505. The molecule has 116 valence electrons. The van der Waals surface area contributed by atoms with Gasteiger partial charge in [0, 0.05) is 11.9 Å². The van der Waals surface area contributed by atoms with Crippen LogP contribution in [0.25, 0.3) is 0 Å². The second-order valence-electron chi connectivity index (χ2n) is 4.09. The number of halogens is 2. The molecule has 0 atom stereocenters. The molecule has 1 heterocycles. The highest BCUT2D eigenvalue weighted by atomic mass is 35.5. The van der Waals surface area contributed by atoms with Crippen LogP contribution in [0, 0.1) is 5.82 Å². The second-order valence-corrected chi connectivity index (χ2v) is 5.27. The van der Waals surface area contributed by atoms with E-state index < -0.39 is 11.8 Å². The lowest BCUT2D eigenvalue weighted by molar-refractivity contribution is 0.0526. The molecule has 0 unspecified atom stereocenters. The van der Waals surface area contributed by atoms with Crippen molar-refractivity contribution in [3.63, 3.8) is 0 Å². The molecule has 22 heavy (non-hydrogen) atoms. The lowest BCUT2D eigenvalue weighted by Gasteiger charge is -2.11. The molecule has 0 aliphatic heterocycles. The lowest BCUT2D eigenvalue weighted by atomic mass is 10.2. The number of carbonyl (C=O) groups is 1. The SMILES string of the molecule is CCOC(=O)c1cnc(SC)nc1Nc1ccc(F)c(Cl)c1.